The van der Waals surface area contributed by atoms with E-state index in [1.807, 2.05) is 16.7 Å². The first-order valence-electron chi connectivity index (χ1n) is 11.0. The molecule has 0 bridgehead atoms. The van der Waals surface area contributed by atoms with Gasteiger partial charge in [-0.1, -0.05) is 36.4 Å². The van der Waals surface area contributed by atoms with Crippen LogP contribution >= 0.6 is 0 Å². The second-order valence-electron chi connectivity index (χ2n) is 8.53. The van der Waals surface area contributed by atoms with E-state index >= 15 is 0 Å². The Morgan fingerprint density at radius 1 is 1.00 bits per heavy atom. The molecule has 3 heterocycles. The zero-order valence-corrected chi connectivity index (χ0v) is 18.9. The maximum atomic E-state index is 13.5. The van der Waals surface area contributed by atoms with Gasteiger partial charge in [0.15, 0.2) is 16.9 Å². The molecular weight excluding hydrogens is 418 g/mol. The molecule has 8 heteroatoms. The monoisotopic (exact) mass is 443 g/mol. The molecule has 8 nitrogen and oxygen atoms in total. The van der Waals surface area contributed by atoms with Gasteiger partial charge in [-0.3, -0.25) is 18.7 Å². The zero-order chi connectivity index (χ0) is 23.3. The molecule has 0 aliphatic carbocycles. The SMILES string of the molecule is Cc1ccc(N2CCCn3c2nc2c3c(=O)n(CC(=O)c3ccccc3)c(=O)n2C)cc1C. The van der Waals surface area contributed by atoms with Gasteiger partial charge in [-0.05, 0) is 43.5 Å². The second kappa shape index (κ2) is 7.88. The van der Waals surface area contributed by atoms with E-state index in [9.17, 15) is 14.4 Å². The number of anilines is 2. The van der Waals surface area contributed by atoms with Crippen LogP contribution in [0.3, 0.4) is 0 Å². The molecule has 0 N–H and O–H groups in total. The molecule has 1 aliphatic heterocycles. The highest BCUT2D eigenvalue weighted by Gasteiger charge is 2.27. The van der Waals surface area contributed by atoms with Crippen molar-refractivity contribution in [3.8, 4) is 0 Å². The van der Waals surface area contributed by atoms with Gasteiger partial charge in [0.25, 0.3) is 5.56 Å². The smallest absolute Gasteiger partial charge is 0.312 e. The van der Waals surface area contributed by atoms with Gasteiger partial charge in [0, 0.05) is 31.4 Å². The summed E-state index contributed by atoms with van der Waals surface area (Å²) in [4.78, 5) is 46.0. The van der Waals surface area contributed by atoms with Crippen LogP contribution in [0.4, 0.5) is 11.6 Å². The number of hydrogen-bond acceptors (Lipinski definition) is 5. The van der Waals surface area contributed by atoms with Gasteiger partial charge in [-0.15, -0.1) is 0 Å². The maximum Gasteiger partial charge on any atom is 0.332 e. The average molecular weight is 444 g/mol. The van der Waals surface area contributed by atoms with Crippen LogP contribution in [-0.4, -0.2) is 31.0 Å². The third-order valence-corrected chi connectivity index (χ3v) is 6.42. The normalized spacial score (nSPS) is 13.4. The lowest BCUT2D eigenvalue weighted by molar-refractivity contribution is 0.0969. The van der Waals surface area contributed by atoms with E-state index in [1.54, 1.807) is 31.3 Å². The minimum Gasteiger partial charge on any atom is -0.312 e. The quantitative estimate of drug-likeness (QED) is 0.453. The molecular formula is C25H25N5O3. The van der Waals surface area contributed by atoms with Crippen molar-refractivity contribution in [1.29, 1.82) is 0 Å². The Balaban J connectivity index is 1.66. The Hall–Kier alpha value is -3.94. The molecule has 0 spiro atoms. The number of ketones is 1. The number of carbonyl (C=O) groups is 1. The lowest BCUT2D eigenvalue weighted by Gasteiger charge is -2.29. The standard InChI is InChI=1S/C25H25N5O3/c1-16-10-11-19(14-17(16)2)28-12-7-13-29-21-22(26-24(28)29)27(3)25(33)30(23(21)32)15-20(31)18-8-5-4-6-9-18/h4-6,8-11,14H,7,12-13,15H2,1-3H3. The van der Waals surface area contributed by atoms with E-state index in [0.717, 1.165) is 23.2 Å². The highest BCUT2D eigenvalue weighted by Crippen LogP contribution is 2.31. The number of fused-ring (bicyclic) bond motifs is 3. The Labute approximate surface area is 190 Å². The summed E-state index contributed by atoms with van der Waals surface area (Å²) in [6.07, 6.45) is 0.830. The Kier molecular flexibility index (Phi) is 5.00. The fourth-order valence-corrected chi connectivity index (χ4v) is 4.40. The Morgan fingerprint density at radius 3 is 2.48 bits per heavy atom. The lowest BCUT2D eigenvalue weighted by atomic mass is 10.1. The second-order valence-corrected chi connectivity index (χ2v) is 8.53. The van der Waals surface area contributed by atoms with Crippen molar-refractivity contribution in [1.82, 2.24) is 18.7 Å². The largest absolute Gasteiger partial charge is 0.332 e. The lowest BCUT2D eigenvalue weighted by Crippen LogP contribution is -2.41. The molecule has 5 rings (SSSR count). The molecule has 4 aromatic rings. The number of Topliss-reactive ketones (excluding diaryl/α,β-unsaturated/α-hetero) is 1. The van der Waals surface area contributed by atoms with Crippen LogP contribution in [0, 0.1) is 13.8 Å². The zero-order valence-electron chi connectivity index (χ0n) is 18.9. The maximum absolute atomic E-state index is 13.5. The predicted octanol–water partition coefficient (Wildman–Crippen LogP) is 2.94. The van der Waals surface area contributed by atoms with E-state index in [-0.39, 0.29) is 12.3 Å². The summed E-state index contributed by atoms with van der Waals surface area (Å²) in [6.45, 7) is 5.21. The first kappa shape index (κ1) is 20.9. The number of carbonyl (C=O) groups excluding carboxylic acids is 1. The van der Waals surface area contributed by atoms with Gasteiger partial charge in [-0.25, -0.2) is 4.79 Å². The van der Waals surface area contributed by atoms with Crippen molar-refractivity contribution in [3.63, 3.8) is 0 Å². The molecule has 2 aromatic heterocycles. The number of aromatic nitrogens is 4. The van der Waals surface area contributed by atoms with Gasteiger partial charge < -0.3 is 9.47 Å². The van der Waals surface area contributed by atoms with Crippen LogP contribution in [0.5, 0.6) is 0 Å². The molecule has 33 heavy (non-hydrogen) atoms. The number of imidazole rings is 1. The van der Waals surface area contributed by atoms with Gasteiger partial charge in [-0.2, -0.15) is 4.98 Å². The number of rotatable bonds is 4. The topological polar surface area (TPSA) is 82.1 Å². The molecule has 0 atom stereocenters. The summed E-state index contributed by atoms with van der Waals surface area (Å²) in [5, 5.41) is 0. The number of nitrogens with zero attached hydrogens (tertiary/aromatic N) is 5. The van der Waals surface area contributed by atoms with E-state index in [1.165, 1.54) is 15.7 Å². The summed E-state index contributed by atoms with van der Waals surface area (Å²) in [5.41, 5.74) is 3.48. The summed E-state index contributed by atoms with van der Waals surface area (Å²) < 4.78 is 4.25. The third kappa shape index (κ3) is 3.38. The van der Waals surface area contributed by atoms with E-state index in [4.69, 9.17) is 4.98 Å². The molecule has 2 aromatic carbocycles. The molecule has 0 amide bonds. The third-order valence-electron chi connectivity index (χ3n) is 6.42. The first-order valence-corrected chi connectivity index (χ1v) is 11.0. The van der Waals surface area contributed by atoms with E-state index in [2.05, 4.69) is 30.9 Å². The van der Waals surface area contributed by atoms with Crippen molar-refractivity contribution in [2.45, 2.75) is 33.4 Å². The fourth-order valence-electron chi connectivity index (χ4n) is 4.40. The number of benzene rings is 2. The molecule has 0 fully saturated rings. The van der Waals surface area contributed by atoms with Crippen LogP contribution in [0.25, 0.3) is 11.2 Å². The van der Waals surface area contributed by atoms with Gasteiger partial charge in [0.2, 0.25) is 5.95 Å². The van der Waals surface area contributed by atoms with Crippen molar-refractivity contribution in [3.05, 3.63) is 86.1 Å². The highest BCUT2D eigenvalue weighted by molar-refractivity contribution is 5.96. The Bertz CT molecular complexity index is 1510. The van der Waals surface area contributed by atoms with Gasteiger partial charge in [0.1, 0.15) is 0 Å². The van der Waals surface area contributed by atoms with Crippen LogP contribution in [0.2, 0.25) is 0 Å². The summed E-state index contributed by atoms with van der Waals surface area (Å²) >= 11 is 0. The molecule has 0 saturated carbocycles. The van der Waals surface area contributed by atoms with E-state index < -0.39 is 11.2 Å². The van der Waals surface area contributed by atoms with Crippen molar-refractivity contribution in [2.75, 3.05) is 11.4 Å². The minimum atomic E-state index is -0.551. The van der Waals surface area contributed by atoms with Gasteiger partial charge >= 0.3 is 5.69 Å². The predicted molar refractivity (Wildman–Crippen MR) is 128 cm³/mol. The van der Waals surface area contributed by atoms with Crippen LogP contribution < -0.4 is 16.1 Å². The fraction of sp³-hybridized carbons (Fsp3) is 0.280. The molecule has 0 unspecified atom stereocenters. The summed E-state index contributed by atoms with van der Waals surface area (Å²) in [6, 6.07) is 14.9. The minimum absolute atomic E-state index is 0.288. The molecule has 0 saturated heterocycles. The number of hydrogen-bond donors (Lipinski definition) is 0. The molecule has 1 aliphatic rings. The van der Waals surface area contributed by atoms with Gasteiger partial charge in [0.05, 0.1) is 6.54 Å². The van der Waals surface area contributed by atoms with Crippen LogP contribution in [0.1, 0.15) is 27.9 Å². The first-order chi connectivity index (χ1) is 15.9. The summed E-state index contributed by atoms with van der Waals surface area (Å²) in [5.74, 6) is 0.350. The summed E-state index contributed by atoms with van der Waals surface area (Å²) in [7, 11) is 1.59. The number of aryl methyl sites for hydroxylation is 4. The average Bonchev–Trinajstić information content (AvgIpc) is 3.23. The van der Waals surface area contributed by atoms with Crippen molar-refractivity contribution >= 4 is 28.6 Å². The van der Waals surface area contributed by atoms with Crippen molar-refractivity contribution in [2.24, 2.45) is 7.05 Å². The molecule has 168 valence electrons. The highest BCUT2D eigenvalue weighted by atomic mass is 16.2. The van der Waals surface area contributed by atoms with Crippen LogP contribution in [0.15, 0.2) is 58.1 Å². The Morgan fingerprint density at radius 2 is 1.76 bits per heavy atom. The van der Waals surface area contributed by atoms with Crippen LogP contribution in [-0.2, 0) is 20.1 Å². The molecule has 0 radical (unpaired) electrons. The van der Waals surface area contributed by atoms with Crippen molar-refractivity contribution < 1.29 is 4.79 Å². The van der Waals surface area contributed by atoms with E-state index in [0.29, 0.717) is 29.2 Å².